The van der Waals surface area contributed by atoms with Gasteiger partial charge in [0, 0.05) is 19.6 Å². The lowest BCUT2D eigenvalue weighted by Gasteiger charge is -2.49. The van der Waals surface area contributed by atoms with Gasteiger partial charge in [0.15, 0.2) is 0 Å². The lowest BCUT2D eigenvalue weighted by molar-refractivity contribution is -0.147. The van der Waals surface area contributed by atoms with Gasteiger partial charge in [0.1, 0.15) is 0 Å². The van der Waals surface area contributed by atoms with Gasteiger partial charge in [0.05, 0.1) is 11.6 Å². The number of rotatable bonds is 6. The zero-order valence-electron chi connectivity index (χ0n) is 10.9. The molecule has 2 aliphatic rings. The second-order valence-electron chi connectivity index (χ2n) is 5.60. The summed E-state index contributed by atoms with van der Waals surface area (Å²) in [5.41, 5.74) is -0.488. The molecule has 4 nitrogen and oxygen atoms in total. The van der Waals surface area contributed by atoms with Crippen molar-refractivity contribution >= 4 is 5.91 Å². The third-order valence-corrected chi connectivity index (χ3v) is 4.05. The van der Waals surface area contributed by atoms with Crippen LogP contribution in [0.15, 0.2) is 0 Å². The summed E-state index contributed by atoms with van der Waals surface area (Å²) in [5.74, 6) is 0.588. The van der Waals surface area contributed by atoms with Crippen LogP contribution >= 0.6 is 0 Å². The first-order chi connectivity index (χ1) is 8.07. The number of hydrogen-bond donors (Lipinski definition) is 2. The summed E-state index contributed by atoms with van der Waals surface area (Å²) in [5, 5.41) is 13.1. The summed E-state index contributed by atoms with van der Waals surface area (Å²) in [6, 6.07) is -0.106. The average Bonchev–Trinajstić information content (AvgIpc) is 3.08. The lowest BCUT2D eigenvalue weighted by atomic mass is 9.87. The predicted molar refractivity (Wildman–Crippen MR) is 66.6 cm³/mol. The van der Waals surface area contributed by atoms with Gasteiger partial charge in [-0.05, 0) is 32.1 Å². The standard InChI is InChI=1S/C13H24N2O2/c1-3-4-7-14-12(16)10(2)15-8-13(17,9-15)11-5-6-11/h10-11,17H,3-9H2,1-2H3,(H,14,16). The number of amides is 1. The summed E-state index contributed by atoms with van der Waals surface area (Å²) in [4.78, 5) is 13.9. The Bertz CT molecular complexity index is 283. The quantitative estimate of drug-likeness (QED) is 0.674. The van der Waals surface area contributed by atoms with Crippen LogP contribution < -0.4 is 5.32 Å². The molecule has 0 radical (unpaired) electrons. The summed E-state index contributed by atoms with van der Waals surface area (Å²) in [7, 11) is 0. The number of carbonyl (C=O) groups excluding carboxylic acids is 1. The van der Waals surface area contributed by atoms with Crippen molar-refractivity contribution < 1.29 is 9.90 Å². The van der Waals surface area contributed by atoms with E-state index in [1.54, 1.807) is 0 Å². The second kappa shape index (κ2) is 4.94. The highest BCUT2D eigenvalue weighted by atomic mass is 16.3. The number of unbranched alkanes of at least 4 members (excludes halogenated alkanes) is 1. The smallest absolute Gasteiger partial charge is 0.237 e. The number of nitrogens with one attached hydrogen (secondary N) is 1. The van der Waals surface area contributed by atoms with Crippen molar-refractivity contribution in [1.29, 1.82) is 0 Å². The number of nitrogens with zero attached hydrogens (tertiary/aromatic N) is 1. The van der Waals surface area contributed by atoms with Crippen LogP contribution in [0.3, 0.4) is 0 Å². The van der Waals surface area contributed by atoms with E-state index < -0.39 is 5.60 Å². The van der Waals surface area contributed by atoms with Gasteiger partial charge in [-0.1, -0.05) is 13.3 Å². The number of aliphatic hydroxyl groups is 1. The highest BCUT2D eigenvalue weighted by molar-refractivity contribution is 5.81. The Morgan fingerprint density at radius 1 is 1.53 bits per heavy atom. The number of β-amino-alcohol motifs (C(OH)–C–C–N with tert-alkyl or cyclic N) is 1. The van der Waals surface area contributed by atoms with Gasteiger partial charge in [-0.2, -0.15) is 0 Å². The van der Waals surface area contributed by atoms with Crippen LogP contribution in [-0.4, -0.2) is 47.2 Å². The maximum absolute atomic E-state index is 11.8. The lowest BCUT2D eigenvalue weighted by Crippen LogP contribution is -2.67. The van der Waals surface area contributed by atoms with Crippen LogP contribution in [0.4, 0.5) is 0 Å². The van der Waals surface area contributed by atoms with E-state index >= 15 is 0 Å². The minimum atomic E-state index is -0.488. The first-order valence-electron chi connectivity index (χ1n) is 6.81. The molecule has 0 aromatic carbocycles. The van der Waals surface area contributed by atoms with E-state index in [0.29, 0.717) is 19.0 Å². The zero-order chi connectivity index (χ0) is 12.5. The van der Waals surface area contributed by atoms with Gasteiger partial charge < -0.3 is 10.4 Å². The third kappa shape index (κ3) is 2.80. The molecule has 1 atom stereocenters. The highest BCUT2D eigenvalue weighted by Crippen LogP contribution is 2.44. The first-order valence-corrected chi connectivity index (χ1v) is 6.81. The summed E-state index contributed by atoms with van der Waals surface area (Å²) < 4.78 is 0. The molecule has 0 bridgehead atoms. The van der Waals surface area contributed by atoms with Crippen LogP contribution in [0, 0.1) is 5.92 Å². The van der Waals surface area contributed by atoms with E-state index in [0.717, 1.165) is 32.2 Å². The van der Waals surface area contributed by atoms with Crippen LogP contribution in [-0.2, 0) is 4.79 Å². The molecule has 0 aromatic heterocycles. The Labute approximate surface area is 103 Å². The Hall–Kier alpha value is -0.610. The van der Waals surface area contributed by atoms with Crippen LogP contribution in [0.5, 0.6) is 0 Å². The maximum Gasteiger partial charge on any atom is 0.237 e. The van der Waals surface area contributed by atoms with Crippen molar-refractivity contribution in [3.63, 3.8) is 0 Å². The van der Waals surface area contributed by atoms with E-state index in [-0.39, 0.29) is 11.9 Å². The van der Waals surface area contributed by atoms with Crippen LogP contribution in [0.2, 0.25) is 0 Å². The molecule has 4 heteroatoms. The molecule has 1 amide bonds. The highest BCUT2D eigenvalue weighted by Gasteiger charge is 2.53. The summed E-state index contributed by atoms with van der Waals surface area (Å²) in [6.45, 7) is 6.13. The fourth-order valence-corrected chi connectivity index (χ4v) is 2.51. The van der Waals surface area contributed by atoms with Crippen molar-refractivity contribution in [1.82, 2.24) is 10.2 Å². The van der Waals surface area contributed by atoms with E-state index in [2.05, 4.69) is 17.1 Å². The molecule has 1 heterocycles. The van der Waals surface area contributed by atoms with Crippen molar-refractivity contribution in [3.05, 3.63) is 0 Å². The minimum Gasteiger partial charge on any atom is -0.387 e. The topological polar surface area (TPSA) is 52.6 Å². The molecule has 17 heavy (non-hydrogen) atoms. The summed E-state index contributed by atoms with van der Waals surface area (Å²) in [6.07, 6.45) is 4.44. The van der Waals surface area contributed by atoms with E-state index in [1.165, 1.54) is 0 Å². The molecule has 0 aromatic rings. The van der Waals surface area contributed by atoms with E-state index in [9.17, 15) is 9.90 Å². The first kappa shape index (κ1) is 12.8. The van der Waals surface area contributed by atoms with Gasteiger partial charge in [0.25, 0.3) is 0 Å². The normalized spacial score (nSPS) is 25.1. The van der Waals surface area contributed by atoms with Crippen molar-refractivity contribution in [3.8, 4) is 0 Å². The largest absolute Gasteiger partial charge is 0.387 e. The fraction of sp³-hybridized carbons (Fsp3) is 0.923. The Morgan fingerprint density at radius 2 is 2.18 bits per heavy atom. The number of likely N-dealkylation sites (tertiary alicyclic amines) is 1. The molecular weight excluding hydrogens is 216 g/mol. The molecule has 1 aliphatic heterocycles. The summed E-state index contributed by atoms with van der Waals surface area (Å²) >= 11 is 0. The van der Waals surface area contributed by atoms with Crippen molar-refractivity contribution in [2.75, 3.05) is 19.6 Å². The van der Waals surface area contributed by atoms with Crippen LogP contribution in [0.25, 0.3) is 0 Å². The Kier molecular flexibility index (Phi) is 3.73. The van der Waals surface area contributed by atoms with Gasteiger partial charge in [0.2, 0.25) is 5.91 Å². The molecule has 2 fully saturated rings. The van der Waals surface area contributed by atoms with E-state index in [1.807, 2.05) is 6.92 Å². The second-order valence-corrected chi connectivity index (χ2v) is 5.60. The Balaban J connectivity index is 1.70. The number of hydrogen-bond acceptors (Lipinski definition) is 3. The number of carbonyl (C=O) groups is 1. The van der Waals surface area contributed by atoms with Crippen LogP contribution in [0.1, 0.15) is 39.5 Å². The van der Waals surface area contributed by atoms with Gasteiger partial charge in [-0.25, -0.2) is 0 Å². The minimum absolute atomic E-state index is 0.0938. The SMILES string of the molecule is CCCCNC(=O)C(C)N1CC(O)(C2CC2)C1. The monoisotopic (exact) mass is 240 g/mol. The van der Waals surface area contributed by atoms with Crippen molar-refractivity contribution in [2.45, 2.75) is 51.2 Å². The fourth-order valence-electron chi connectivity index (χ4n) is 2.51. The molecule has 1 aliphatic carbocycles. The molecule has 2 rings (SSSR count). The molecular formula is C13H24N2O2. The van der Waals surface area contributed by atoms with Gasteiger partial charge in [-0.15, -0.1) is 0 Å². The zero-order valence-corrected chi connectivity index (χ0v) is 10.9. The molecule has 1 saturated carbocycles. The van der Waals surface area contributed by atoms with Crippen molar-refractivity contribution in [2.24, 2.45) is 5.92 Å². The third-order valence-electron chi connectivity index (χ3n) is 4.05. The average molecular weight is 240 g/mol. The van der Waals surface area contributed by atoms with E-state index in [4.69, 9.17) is 0 Å². The molecule has 1 unspecified atom stereocenters. The molecule has 1 saturated heterocycles. The molecule has 2 N–H and O–H groups in total. The maximum atomic E-state index is 11.8. The van der Waals surface area contributed by atoms with Gasteiger partial charge in [-0.3, -0.25) is 9.69 Å². The predicted octanol–water partition coefficient (Wildman–Crippen LogP) is 0.748. The van der Waals surface area contributed by atoms with Gasteiger partial charge >= 0.3 is 0 Å². The Morgan fingerprint density at radius 3 is 2.71 bits per heavy atom. The molecule has 98 valence electrons. The molecule has 0 spiro atoms.